The molecule has 1 aromatic heterocycles. The summed E-state index contributed by atoms with van der Waals surface area (Å²) in [6.07, 6.45) is 3.19. The maximum absolute atomic E-state index is 13.3. The van der Waals surface area contributed by atoms with Crippen molar-refractivity contribution in [3.05, 3.63) is 48.3 Å². The van der Waals surface area contributed by atoms with Crippen LogP contribution in [0.5, 0.6) is 5.75 Å². The molecule has 0 spiro atoms. The minimum Gasteiger partial charge on any atom is -0.491 e. The molecular formula is C21H23FN2O3. The second kappa shape index (κ2) is 8.06. The molecule has 2 aromatic carbocycles. The molecule has 0 saturated carbocycles. The molecule has 1 fully saturated rings. The third kappa shape index (κ3) is 4.28. The SMILES string of the molecule is OC(COc1ccc(-c2noc3cc(F)ccc23)cc1)CN1CCCCC1. The van der Waals surface area contributed by atoms with Crippen LogP contribution in [0.1, 0.15) is 19.3 Å². The van der Waals surface area contributed by atoms with Gasteiger partial charge in [-0.1, -0.05) is 11.6 Å². The number of ether oxygens (including phenoxy) is 1. The van der Waals surface area contributed by atoms with E-state index in [2.05, 4.69) is 10.1 Å². The van der Waals surface area contributed by atoms with Crippen molar-refractivity contribution in [2.45, 2.75) is 25.4 Å². The Labute approximate surface area is 157 Å². The van der Waals surface area contributed by atoms with Gasteiger partial charge in [0.15, 0.2) is 5.58 Å². The van der Waals surface area contributed by atoms with Gasteiger partial charge in [-0.2, -0.15) is 0 Å². The third-order valence-corrected chi connectivity index (χ3v) is 4.92. The standard InChI is InChI=1S/C21H23FN2O3/c22-16-6-9-19-20(12-16)27-23-21(19)15-4-7-18(8-5-15)26-14-17(25)13-24-10-2-1-3-11-24/h4-9,12,17,25H,1-3,10-11,13-14H2. The average molecular weight is 370 g/mol. The molecule has 1 aliphatic heterocycles. The lowest BCUT2D eigenvalue weighted by atomic mass is 10.1. The predicted molar refractivity (Wildman–Crippen MR) is 101 cm³/mol. The predicted octanol–water partition coefficient (Wildman–Crippen LogP) is 3.86. The summed E-state index contributed by atoms with van der Waals surface area (Å²) < 4.78 is 24.2. The van der Waals surface area contributed by atoms with Gasteiger partial charge in [0, 0.05) is 23.6 Å². The van der Waals surface area contributed by atoms with Crippen LogP contribution in [-0.4, -0.2) is 47.5 Å². The van der Waals surface area contributed by atoms with E-state index in [0.29, 0.717) is 23.6 Å². The Morgan fingerprint density at radius 3 is 2.67 bits per heavy atom. The molecule has 3 aromatic rings. The van der Waals surface area contributed by atoms with Gasteiger partial charge in [0.1, 0.15) is 30.0 Å². The Kier molecular flexibility index (Phi) is 5.36. The fraction of sp³-hybridized carbons (Fsp3) is 0.381. The van der Waals surface area contributed by atoms with Crippen molar-refractivity contribution in [2.24, 2.45) is 0 Å². The molecule has 27 heavy (non-hydrogen) atoms. The lowest BCUT2D eigenvalue weighted by Gasteiger charge is -2.28. The molecule has 0 bridgehead atoms. The molecule has 142 valence electrons. The summed E-state index contributed by atoms with van der Waals surface area (Å²) in [5, 5.41) is 15.0. The van der Waals surface area contributed by atoms with E-state index < -0.39 is 6.10 Å². The zero-order valence-electron chi connectivity index (χ0n) is 15.1. The summed E-state index contributed by atoms with van der Waals surface area (Å²) in [6.45, 7) is 3.03. The van der Waals surface area contributed by atoms with Gasteiger partial charge in [-0.3, -0.25) is 0 Å². The summed E-state index contributed by atoms with van der Waals surface area (Å²) in [4.78, 5) is 2.29. The van der Waals surface area contributed by atoms with E-state index in [-0.39, 0.29) is 12.4 Å². The molecule has 1 N–H and O–H groups in total. The Hall–Kier alpha value is -2.44. The highest BCUT2D eigenvalue weighted by Gasteiger charge is 2.15. The molecule has 0 radical (unpaired) electrons. The first kappa shape index (κ1) is 17.9. The van der Waals surface area contributed by atoms with Crippen LogP contribution in [0.4, 0.5) is 4.39 Å². The number of halogens is 1. The number of aromatic nitrogens is 1. The molecule has 4 rings (SSSR count). The van der Waals surface area contributed by atoms with Crippen LogP contribution < -0.4 is 4.74 Å². The quantitative estimate of drug-likeness (QED) is 0.714. The fourth-order valence-electron chi connectivity index (χ4n) is 3.51. The lowest BCUT2D eigenvalue weighted by molar-refractivity contribution is 0.0617. The van der Waals surface area contributed by atoms with Crippen LogP contribution in [0.2, 0.25) is 0 Å². The number of likely N-dealkylation sites (tertiary alicyclic amines) is 1. The molecule has 1 aliphatic rings. The number of aliphatic hydroxyl groups excluding tert-OH is 1. The molecule has 0 aliphatic carbocycles. The topological polar surface area (TPSA) is 58.7 Å². The Morgan fingerprint density at radius 1 is 1.11 bits per heavy atom. The van der Waals surface area contributed by atoms with Crippen molar-refractivity contribution >= 4 is 11.0 Å². The van der Waals surface area contributed by atoms with Crippen LogP contribution in [0.25, 0.3) is 22.2 Å². The van der Waals surface area contributed by atoms with E-state index in [1.54, 1.807) is 6.07 Å². The maximum atomic E-state index is 13.3. The third-order valence-electron chi connectivity index (χ3n) is 4.92. The molecule has 5 nitrogen and oxygen atoms in total. The van der Waals surface area contributed by atoms with Crippen molar-refractivity contribution in [3.8, 4) is 17.0 Å². The van der Waals surface area contributed by atoms with Crippen LogP contribution in [-0.2, 0) is 0 Å². The highest BCUT2D eigenvalue weighted by atomic mass is 19.1. The second-order valence-electron chi connectivity index (χ2n) is 7.02. The molecule has 6 heteroatoms. The second-order valence-corrected chi connectivity index (χ2v) is 7.02. The number of benzene rings is 2. The summed E-state index contributed by atoms with van der Waals surface area (Å²) in [6, 6.07) is 11.8. The van der Waals surface area contributed by atoms with Gasteiger partial charge in [0.05, 0.1) is 0 Å². The van der Waals surface area contributed by atoms with Crippen molar-refractivity contribution in [3.63, 3.8) is 0 Å². The molecule has 2 heterocycles. The van der Waals surface area contributed by atoms with Crippen molar-refractivity contribution in [1.29, 1.82) is 0 Å². The Bertz CT molecular complexity index is 888. The Balaban J connectivity index is 1.37. The molecule has 0 amide bonds. The lowest BCUT2D eigenvalue weighted by Crippen LogP contribution is -2.38. The van der Waals surface area contributed by atoms with E-state index >= 15 is 0 Å². The van der Waals surface area contributed by atoms with E-state index in [1.165, 1.54) is 31.4 Å². The number of nitrogens with zero attached hydrogens (tertiary/aromatic N) is 2. The first-order valence-electron chi connectivity index (χ1n) is 9.37. The summed E-state index contributed by atoms with van der Waals surface area (Å²) in [5.74, 6) is 0.340. The fourth-order valence-corrected chi connectivity index (χ4v) is 3.51. The summed E-state index contributed by atoms with van der Waals surface area (Å²) >= 11 is 0. The first-order chi connectivity index (χ1) is 13.2. The number of rotatable bonds is 6. The minimum atomic E-state index is -0.503. The number of β-amino-alcohol motifs (C(OH)–C–C–N with tert-alkyl or cyclic N) is 1. The summed E-state index contributed by atoms with van der Waals surface area (Å²) in [5.41, 5.74) is 1.95. The molecule has 1 unspecified atom stereocenters. The zero-order valence-corrected chi connectivity index (χ0v) is 15.1. The highest BCUT2D eigenvalue weighted by molar-refractivity contribution is 5.91. The van der Waals surface area contributed by atoms with Crippen LogP contribution in [0.3, 0.4) is 0 Å². The molecule has 1 atom stereocenters. The van der Waals surface area contributed by atoms with E-state index in [9.17, 15) is 9.50 Å². The zero-order chi connectivity index (χ0) is 18.6. The van der Waals surface area contributed by atoms with Crippen LogP contribution in [0, 0.1) is 5.82 Å². The number of hydrogen-bond donors (Lipinski definition) is 1. The van der Waals surface area contributed by atoms with Gasteiger partial charge in [-0.15, -0.1) is 0 Å². The van der Waals surface area contributed by atoms with Gasteiger partial charge in [0.2, 0.25) is 0 Å². The average Bonchev–Trinajstić information content (AvgIpc) is 3.10. The number of piperidine rings is 1. The van der Waals surface area contributed by atoms with Crippen molar-refractivity contribution < 1.29 is 18.8 Å². The summed E-state index contributed by atoms with van der Waals surface area (Å²) in [7, 11) is 0. The largest absolute Gasteiger partial charge is 0.491 e. The van der Waals surface area contributed by atoms with Gasteiger partial charge in [-0.25, -0.2) is 4.39 Å². The monoisotopic (exact) mass is 370 g/mol. The number of fused-ring (bicyclic) bond motifs is 1. The van der Waals surface area contributed by atoms with E-state index in [0.717, 1.165) is 24.0 Å². The number of hydrogen-bond acceptors (Lipinski definition) is 5. The normalized spacial score (nSPS) is 16.5. The van der Waals surface area contributed by atoms with Gasteiger partial charge in [0.25, 0.3) is 0 Å². The van der Waals surface area contributed by atoms with Crippen LogP contribution >= 0.6 is 0 Å². The van der Waals surface area contributed by atoms with Crippen LogP contribution in [0.15, 0.2) is 47.0 Å². The van der Waals surface area contributed by atoms with E-state index in [1.807, 2.05) is 24.3 Å². The molecular weight excluding hydrogens is 347 g/mol. The number of aliphatic hydroxyl groups is 1. The smallest absolute Gasteiger partial charge is 0.170 e. The van der Waals surface area contributed by atoms with Crippen molar-refractivity contribution in [2.75, 3.05) is 26.2 Å². The van der Waals surface area contributed by atoms with Crippen molar-refractivity contribution in [1.82, 2.24) is 10.1 Å². The maximum Gasteiger partial charge on any atom is 0.170 e. The minimum absolute atomic E-state index is 0.266. The first-order valence-corrected chi connectivity index (χ1v) is 9.37. The Morgan fingerprint density at radius 2 is 1.89 bits per heavy atom. The van der Waals surface area contributed by atoms with Gasteiger partial charge in [-0.05, 0) is 62.3 Å². The highest BCUT2D eigenvalue weighted by Crippen LogP contribution is 2.29. The van der Waals surface area contributed by atoms with E-state index in [4.69, 9.17) is 9.26 Å². The van der Waals surface area contributed by atoms with Gasteiger partial charge >= 0.3 is 0 Å². The van der Waals surface area contributed by atoms with Gasteiger partial charge < -0.3 is 19.3 Å². The molecule has 1 saturated heterocycles.